The van der Waals surface area contributed by atoms with Gasteiger partial charge in [-0.05, 0) is 18.2 Å². The molecule has 1 heterocycles. The average Bonchev–Trinajstić information content (AvgIpc) is 2.92. The van der Waals surface area contributed by atoms with Gasteiger partial charge in [-0.25, -0.2) is 9.07 Å². The zero-order chi connectivity index (χ0) is 13.9. The summed E-state index contributed by atoms with van der Waals surface area (Å²) >= 11 is 0. The molecule has 1 aromatic heterocycles. The number of nitrogens with two attached hydrogens (primary N) is 1. The van der Waals surface area contributed by atoms with E-state index in [1.807, 2.05) is 36.4 Å². The van der Waals surface area contributed by atoms with Gasteiger partial charge in [-0.15, -0.1) is 0 Å². The molecular formula is C16H14FN3. The van der Waals surface area contributed by atoms with E-state index in [1.54, 1.807) is 16.9 Å². The summed E-state index contributed by atoms with van der Waals surface area (Å²) in [7, 11) is 0. The van der Waals surface area contributed by atoms with Crippen LogP contribution < -0.4 is 5.73 Å². The van der Waals surface area contributed by atoms with Crippen LogP contribution >= 0.6 is 0 Å². The van der Waals surface area contributed by atoms with Crippen molar-refractivity contribution in [1.82, 2.24) is 9.78 Å². The summed E-state index contributed by atoms with van der Waals surface area (Å²) in [6.07, 6.45) is 1.73. The summed E-state index contributed by atoms with van der Waals surface area (Å²) < 4.78 is 15.1. The maximum atomic E-state index is 13.4. The Morgan fingerprint density at radius 1 is 1.05 bits per heavy atom. The fraction of sp³-hybridized carbons (Fsp3) is 0.0625. The molecule has 3 aromatic rings. The Hall–Kier alpha value is -2.46. The zero-order valence-electron chi connectivity index (χ0n) is 10.8. The van der Waals surface area contributed by atoms with Crippen LogP contribution in [0.1, 0.15) is 5.56 Å². The first kappa shape index (κ1) is 12.6. The Balaban J connectivity index is 2.20. The SMILES string of the molecule is NCc1cnn(-c2cccc(F)c2)c1-c1ccccc1. The maximum absolute atomic E-state index is 13.4. The molecule has 0 fully saturated rings. The topological polar surface area (TPSA) is 43.8 Å². The maximum Gasteiger partial charge on any atom is 0.125 e. The van der Waals surface area contributed by atoms with Crippen molar-refractivity contribution in [2.75, 3.05) is 0 Å². The van der Waals surface area contributed by atoms with E-state index in [-0.39, 0.29) is 5.82 Å². The summed E-state index contributed by atoms with van der Waals surface area (Å²) in [5.74, 6) is -0.286. The van der Waals surface area contributed by atoms with E-state index >= 15 is 0 Å². The molecule has 4 heteroatoms. The lowest BCUT2D eigenvalue weighted by Crippen LogP contribution is -2.02. The lowest BCUT2D eigenvalue weighted by molar-refractivity contribution is 0.625. The van der Waals surface area contributed by atoms with Crippen molar-refractivity contribution in [1.29, 1.82) is 0 Å². The highest BCUT2D eigenvalue weighted by Crippen LogP contribution is 2.26. The van der Waals surface area contributed by atoms with Crippen molar-refractivity contribution in [2.24, 2.45) is 5.73 Å². The molecule has 0 amide bonds. The molecule has 0 aliphatic heterocycles. The Kier molecular flexibility index (Phi) is 3.31. The van der Waals surface area contributed by atoms with Crippen LogP contribution in [0.2, 0.25) is 0 Å². The van der Waals surface area contributed by atoms with Gasteiger partial charge in [0, 0.05) is 17.7 Å². The second-order valence-electron chi connectivity index (χ2n) is 4.48. The van der Waals surface area contributed by atoms with Crippen LogP contribution in [0.15, 0.2) is 60.8 Å². The third-order valence-corrected chi connectivity index (χ3v) is 3.16. The summed E-state index contributed by atoms with van der Waals surface area (Å²) in [5, 5.41) is 4.34. The normalized spacial score (nSPS) is 10.7. The van der Waals surface area contributed by atoms with Gasteiger partial charge >= 0.3 is 0 Å². The van der Waals surface area contributed by atoms with Gasteiger partial charge in [-0.1, -0.05) is 36.4 Å². The van der Waals surface area contributed by atoms with Gasteiger partial charge in [0.15, 0.2) is 0 Å². The smallest absolute Gasteiger partial charge is 0.125 e. The van der Waals surface area contributed by atoms with Gasteiger partial charge in [-0.2, -0.15) is 5.10 Å². The third kappa shape index (κ3) is 2.21. The fourth-order valence-electron chi connectivity index (χ4n) is 2.24. The highest BCUT2D eigenvalue weighted by atomic mass is 19.1. The molecule has 0 saturated heterocycles. The second-order valence-corrected chi connectivity index (χ2v) is 4.48. The van der Waals surface area contributed by atoms with E-state index in [2.05, 4.69) is 5.10 Å². The first-order valence-corrected chi connectivity index (χ1v) is 6.38. The highest BCUT2D eigenvalue weighted by Gasteiger charge is 2.13. The number of hydrogen-bond acceptors (Lipinski definition) is 2. The van der Waals surface area contributed by atoms with Crippen LogP contribution in [0.4, 0.5) is 4.39 Å². The van der Waals surface area contributed by atoms with Crippen LogP contribution in [0.5, 0.6) is 0 Å². The van der Waals surface area contributed by atoms with Crippen molar-refractivity contribution in [3.8, 4) is 16.9 Å². The molecule has 3 rings (SSSR count). The molecule has 2 N–H and O–H groups in total. The summed E-state index contributed by atoms with van der Waals surface area (Å²) in [6, 6.07) is 16.2. The van der Waals surface area contributed by atoms with Gasteiger partial charge in [0.05, 0.1) is 17.6 Å². The Morgan fingerprint density at radius 3 is 2.55 bits per heavy atom. The number of nitrogens with zero attached hydrogens (tertiary/aromatic N) is 2. The predicted octanol–water partition coefficient (Wildman–Crippen LogP) is 3.14. The minimum atomic E-state index is -0.286. The van der Waals surface area contributed by atoms with Crippen LogP contribution in [0, 0.1) is 5.82 Å². The van der Waals surface area contributed by atoms with E-state index in [1.165, 1.54) is 12.1 Å². The number of aromatic nitrogens is 2. The van der Waals surface area contributed by atoms with Crippen molar-refractivity contribution >= 4 is 0 Å². The van der Waals surface area contributed by atoms with Crippen molar-refractivity contribution in [3.05, 3.63) is 72.2 Å². The largest absolute Gasteiger partial charge is 0.326 e. The second kappa shape index (κ2) is 5.27. The molecule has 0 aliphatic rings. The summed E-state index contributed by atoms with van der Waals surface area (Å²) in [6.45, 7) is 0.388. The van der Waals surface area contributed by atoms with Gasteiger partial charge < -0.3 is 5.73 Å². The van der Waals surface area contributed by atoms with Crippen LogP contribution in [0.3, 0.4) is 0 Å². The zero-order valence-corrected chi connectivity index (χ0v) is 10.8. The standard InChI is InChI=1S/C16H14FN3/c17-14-7-4-8-15(9-14)20-16(13(10-18)11-19-20)12-5-2-1-3-6-12/h1-9,11H,10,18H2. The first-order chi connectivity index (χ1) is 9.79. The van der Waals surface area contributed by atoms with Gasteiger partial charge in [-0.3, -0.25) is 0 Å². The van der Waals surface area contributed by atoms with Gasteiger partial charge in [0.25, 0.3) is 0 Å². The summed E-state index contributed by atoms with van der Waals surface area (Å²) in [4.78, 5) is 0. The molecular weight excluding hydrogens is 253 g/mol. The van der Waals surface area contributed by atoms with Crippen molar-refractivity contribution in [3.63, 3.8) is 0 Å². The molecule has 0 bridgehead atoms. The molecule has 0 radical (unpaired) electrons. The third-order valence-electron chi connectivity index (χ3n) is 3.16. The number of benzene rings is 2. The van der Waals surface area contributed by atoms with Gasteiger partial charge in [0.1, 0.15) is 5.82 Å². The Morgan fingerprint density at radius 2 is 1.85 bits per heavy atom. The Bertz CT molecular complexity index is 720. The molecule has 0 aliphatic carbocycles. The molecule has 0 spiro atoms. The van der Waals surface area contributed by atoms with Crippen LogP contribution in [-0.2, 0) is 6.54 Å². The number of hydrogen-bond donors (Lipinski definition) is 1. The Labute approximate surface area is 116 Å². The molecule has 100 valence electrons. The molecule has 20 heavy (non-hydrogen) atoms. The van der Waals surface area contributed by atoms with Crippen molar-refractivity contribution in [2.45, 2.75) is 6.54 Å². The minimum Gasteiger partial charge on any atom is -0.326 e. The van der Waals surface area contributed by atoms with E-state index in [0.29, 0.717) is 12.2 Å². The van der Waals surface area contributed by atoms with Gasteiger partial charge in [0.2, 0.25) is 0 Å². The van der Waals surface area contributed by atoms with Crippen molar-refractivity contribution < 1.29 is 4.39 Å². The van der Waals surface area contributed by atoms with E-state index in [0.717, 1.165) is 16.8 Å². The molecule has 0 atom stereocenters. The minimum absolute atomic E-state index is 0.286. The van der Waals surface area contributed by atoms with E-state index in [9.17, 15) is 4.39 Å². The average molecular weight is 267 g/mol. The number of rotatable bonds is 3. The van der Waals surface area contributed by atoms with E-state index in [4.69, 9.17) is 5.73 Å². The predicted molar refractivity (Wildman–Crippen MR) is 76.8 cm³/mol. The molecule has 0 unspecified atom stereocenters. The monoisotopic (exact) mass is 267 g/mol. The first-order valence-electron chi connectivity index (χ1n) is 6.38. The number of halogens is 1. The van der Waals surface area contributed by atoms with Crippen LogP contribution in [0.25, 0.3) is 16.9 Å². The molecule has 2 aromatic carbocycles. The fourth-order valence-corrected chi connectivity index (χ4v) is 2.24. The summed E-state index contributed by atoms with van der Waals surface area (Å²) in [5.41, 5.74) is 9.31. The lowest BCUT2D eigenvalue weighted by Gasteiger charge is -2.09. The molecule has 3 nitrogen and oxygen atoms in total. The van der Waals surface area contributed by atoms with E-state index < -0.39 is 0 Å². The molecule has 0 saturated carbocycles. The highest BCUT2D eigenvalue weighted by molar-refractivity contribution is 5.65. The lowest BCUT2D eigenvalue weighted by atomic mass is 10.1. The van der Waals surface area contributed by atoms with Crippen LogP contribution in [-0.4, -0.2) is 9.78 Å². The quantitative estimate of drug-likeness (QED) is 0.792.